The highest BCUT2D eigenvalue weighted by atomic mass is 14.4. The van der Waals surface area contributed by atoms with Crippen LogP contribution in [0.5, 0.6) is 0 Å². The molecule has 0 saturated heterocycles. The van der Waals surface area contributed by atoms with Crippen LogP contribution in [-0.4, -0.2) is 0 Å². The fourth-order valence-electron chi connectivity index (χ4n) is 3.42. The van der Waals surface area contributed by atoms with Crippen LogP contribution in [-0.2, 0) is 0 Å². The van der Waals surface area contributed by atoms with Crippen molar-refractivity contribution in [3.63, 3.8) is 0 Å². The first kappa shape index (κ1) is 15.5. The van der Waals surface area contributed by atoms with E-state index in [9.17, 15) is 0 Å². The molecule has 0 aromatic carbocycles. The smallest absolute Gasteiger partial charge is 0.0175 e. The summed E-state index contributed by atoms with van der Waals surface area (Å²) in [6.07, 6.45) is 11.4. The zero-order chi connectivity index (χ0) is 13.5. The largest absolute Gasteiger partial charge is 0.103 e. The van der Waals surface area contributed by atoms with Crippen LogP contribution in [0.4, 0.5) is 0 Å². The molecule has 1 aliphatic carbocycles. The normalized spacial score (nSPS) is 30.2. The van der Waals surface area contributed by atoms with Gasteiger partial charge in [-0.15, -0.1) is 6.58 Å². The summed E-state index contributed by atoms with van der Waals surface area (Å²) in [4.78, 5) is 0. The third kappa shape index (κ3) is 4.30. The van der Waals surface area contributed by atoms with Gasteiger partial charge in [-0.2, -0.15) is 0 Å². The van der Waals surface area contributed by atoms with E-state index in [1.54, 1.807) is 0 Å². The Kier molecular flexibility index (Phi) is 6.75. The fraction of sp³-hybridized carbons (Fsp3) is 0.778. The first-order valence-corrected chi connectivity index (χ1v) is 7.90. The Balaban J connectivity index is 2.60. The predicted molar refractivity (Wildman–Crippen MR) is 82.6 cm³/mol. The van der Waals surface area contributed by atoms with Gasteiger partial charge in [-0.05, 0) is 55.8 Å². The van der Waals surface area contributed by atoms with E-state index >= 15 is 0 Å². The SMILES string of the molecule is C=CC(C)CCC1C(=C)CCC(C)C1CCCC. The third-order valence-corrected chi connectivity index (χ3v) is 4.92. The Labute approximate surface area is 115 Å². The van der Waals surface area contributed by atoms with Crippen LogP contribution in [0, 0.1) is 23.7 Å². The van der Waals surface area contributed by atoms with Gasteiger partial charge in [0, 0.05) is 0 Å². The van der Waals surface area contributed by atoms with Gasteiger partial charge in [0.2, 0.25) is 0 Å². The highest BCUT2D eigenvalue weighted by molar-refractivity contribution is 5.07. The number of rotatable bonds is 7. The van der Waals surface area contributed by atoms with Crippen molar-refractivity contribution >= 4 is 0 Å². The standard InChI is InChI=1S/C18H32/c1-6-8-9-17-15(4)11-12-16(5)18(17)13-10-14(3)7-2/h7,14-15,17-18H,2,5-6,8-13H2,1,3-4H3. The van der Waals surface area contributed by atoms with Crippen molar-refractivity contribution in [2.24, 2.45) is 23.7 Å². The number of unbranched alkanes of at least 4 members (excludes halogenated alkanes) is 1. The summed E-state index contributed by atoms with van der Waals surface area (Å²) in [6.45, 7) is 15.3. The van der Waals surface area contributed by atoms with Crippen LogP contribution in [0.25, 0.3) is 0 Å². The summed E-state index contributed by atoms with van der Waals surface area (Å²) in [5.41, 5.74) is 1.53. The van der Waals surface area contributed by atoms with E-state index in [1.165, 1.54) is 50.5 Å². The van der Waals surface area contributed by atoms with E-state index in [1.807, 2.05) is 0 Å². The Bertz CT molecular complexity index is 263. The van der Waals surface area contributed by atoms with Crippen LogP contribution in [0.2, 0.25) is 0 Å². The van der Waals surface area contributed by atoms with E-state index in [-0.39, 0.29) is 0 Å². The molecule has 0 radical (unpaired) electrons. The van der Waals surface area contributed by atoms with Gasteiger partial charge < -0.3 is 0 Å². The molecule has 4 unspecified atom stereocenters. The molecule has 0 nitrogen and oxygen atoms in total. The second-order valence-electron chi connectivity index (χ2n) is 6.38. The van der Waals surface area contributed by atoms with Crippen molar-refractivity contribution in [3.05, 3.63) is 24.8 Å². The summed E-state index contributed by atoms with van der Waals surface area (Å²) in [6, 6.07) is 0. The lowest BCUT2D eigenvalue weighted by atomic mass is 9.67. The lowest BCUT2D eigenvalue weighted by molar-refractivity contribution is 0.186. The minimum atomic E-state index is 0.654. The summed E-state index contributed by atoms with van der Waals surface area (Å²) >= 11 is 0. The van der Waals surface area contributed by atoms with Crippen molar-refractivity contribution in [2.45, 2.75) is 65.7 Å². The van der Waals surface area contributed by atoms with Gasteiger partial charge in [0.1, 0.15) is 0 Å². The molecule has 0 aromatic heterocycles. The van der Waals surface area contributed by atoms with E-state index in [4.69, 9.17) is 0 Å². The van der Waals surface area contributed by atoms with E-state index in [2.05, 4.69) is 40.0 Å². The van der Waals surface area contributed by atoms with Gasteiger partial charge >= 0.3 is 0 Å². The summed E-state index contributed by atoms with van der Waals surface area (Å²) in [7, 11) is 0. The zero-order valence-corrected chi connectivity index (χ0v) is 12.8. The van der Waals surface area contributed by atoms with Gasteiger partial charge in [0.05, 0.1) is 0 Å². The van der Waals surface area contributed by atoms with Crippen LogP contribution in [0.15, 0.2) is 24.8 Å². The first-order valence-electron chi connectivity index (χ1n) is 7.90. The second-order valence-corrected chi connectivity index (χ2v) is 6.38. The number of hydrogen-bond acceptors (Lipinski definition) is 0. The van der Waals surface area contributed by atoms with Crippen molar-refractivity contribution in [2.75, 3.05) is 0 Å². The molecule has 0 heteroatoms. The van der Waals surface area contributed by atoms with Gasteiger partial charge in [0.15, 0.2) is 0 Å². The Morgan fingerprint density at radius 3 is 2.72 bits per heavy atom. The average Bonchev–Trinajstić information content (AvgIpc) is 2.37. The molecule has 0 spiro atoms. The van der Waals surface area contributed by atoms with E-state index in [0.717, 1.165) is 17.8 Å². The van der Waals surface area contributed by atoms with E-state index < -0.39 is 0 Å². The van der Waals surface area contributed by atoms with Crippen molar-refractivity contribution in [3.8, 4) is 0 Å². The molecule has 0 aliphatic heterocycles. The maximum Gasteiger partial charge on any atom is -0.0175 e. The molecule has 1 rings (SSSR count). The van der Waals surface area contributed by atoms with Crippen LogP contribution in [0.1, 0.15) is 65.7 Å². The summed E-state index contributed by atoms with van der Waals surface area (Å²) in [5, 5.41) is 0. The van der Waals surface area contributed by atoms with Crippen molar-refractivity contribution < 1.29 is 0 Å². The minimum absolute atomic E-state index is 0.654. The summed E-state index contributed by atoms with van der Waals surface area (Å²) in [5.74, 6) is 3.22. The topological polar surface area (TPSA) is 0 Å². The van der Waals surface area contributed by atoms with Crippen LogP contribution in [0.3, 0.4) is 0 Å². The molecular weight excluding hydrogens is 216 g/mol. The predicted octanol–water partition coefficient (Wildman–Crippen LogP) is 6.00. The highest BCUT2D eigenvalue weighted by Gasteiger charge is 2.32. The quantitative estimate of drug-likeness (QED) is 0.485. The maximum absolute atomic E-state index is 4.37. The minimum Gasteiger partial charge on any atom is -0.103 e. The van der Waals surface area contributed by atoms with Gasteiger partial charge in [0.25, 0.3) is 0 Å². The van der Waals surface area contributed by atoms with Gasteiger partial charge in [-0.25, -0.2) is 0 Å². The lowest BCUT2D eigenvalue weighted by Gasteiger charge is -2.39. The van der Waals surface area contributed by atoms with Gasteiger partial charge in [-0.3, -0.25) is 0 Å². The molecule has 104 valence electrons. The molecule has 1 aliphatic rings. The molecule has 4 atom stereocenters. The molecule has 1 fully saturated rings. The Morgan fingerprint density at radius 1 is 1.39 bits per heavy atom. The molecule has 18 heavy (non-hydrogen) atoms. The van der Waals surface area contributed by atoms with Crippen molar-refractivity contribution in [1.82, 2.24) is 0 Å². The van der Waals surface area contributed by atoms with Crippen molar-refractivity contribution in [1.29, 1.82) is 0 Å². The Hall–Kier alpha value is -0.520. The lowest BCUT2D eigenvalue weighted by Crippen LogP contribution is -2.28. The molecule has 0 heterocycles. The molecular formula is C18H32. The molecule has 0 N–H and O–H groups in total. The summed E-state index contributed by atoms with van der Waals surface area (Å²) < 4.78 is 0. The maximum atomic E-state index is 4.37. The Morgan fingerprint density at radius 2 is 2.11 bits per heavy atom. The van der Waals surface area contributed by atoms with Gasteiger partial charge in [-0.1, -0.05) is 51.8 Å². The van der Waals surface area contributed by atoms with Crippen LogP contribution < -0.4 is 0 Å². The number of hydrogen-bond donors (Lipinski definition) is 0. The average molecular weight is 248 g/mol. The second kappa shape index (κ2) is 7.81. The third-order valence-electron chi connectivity index (χ3n) is 4.92. The number of allylic oxidation sites excluding steroid dienone is 2. The van der Waals surface area contributed by atoms with E-state index in [0.29, 0.717) is 5.92 Å². The zero-order valence-electron chi connectivity index (χ0n) is 12.8. The molecule has 0 bridgehead atoms. The fourth-order valence-corrected chi connectivity index (χ4v) is 3.42. The van der Waals surface area contributed by atoms with Crippen LogP contribution >= 0.6 is 0 Å². The molecule has 0 aromatic rings. The molecule has 1 saturated carbocycles. The monoisotopic (exact) mass is 248 g/mol. The first-order chi connectivity index (χ1) is 8.60. The highest BCUT2D eigenvalue weighted by Crippen LogP contribution is 2.43. The molecule has 0 amide bonds.